The van der Waals surface area contributed by atoms with Crippen LogP contribution in [-0.4, -0.2) is 46.6 Å². The molecule has 4 rings (SSSR count). The van der Waals surface area contributed by atoms with Crippen molar-refractivity contribution in [2.75, 3.05) is 30.4 Å². The first-order valence-corrected chi connectivity index (χ1v) is 9.94. The fourth-order valence-corrected chi connectivity index (χ4v) is 3.80. The summed E-state index contributed by atoms with van der Waals surface area (Å²) in [5, 5.41) is 2.74. The summed E-state index contributed by atoms with van der Waals surface area (Å²) in [5.74, 6) is 0.672. The maximum atomic E-state index is 12.9. The lowest BCUT2D eigenvalue weighted by Gasteiger charge is -2.29. The highest BCUT2D eigenvalue weighted by molar-refractivity contribution is 5.96. The number of urea groups is 1. The maximum absolute atomic E-state index is 12.9. The number of piperidine rings is 1. The van der Waals surface area contributed by atoms with E-state index in [1.807, 2.05) is 0 Å². The molecular formula is C20H22F3N5O3. The number of aromatic nitrogens is 2. The molecule has 8 nitrogen and oxygen atoms in total. The normalized spacial score (nSPS) is 16.8. The highest BCUT2D eigenvalue weighted by atomic mass is 19.4. The Hall–Kier alpha value is -3.24. The van der Waals surface area contributed by atoms with Gasteiger partial charge < -0.3 is 24.4 Å². The number of ether oxygens (including phenoxy) is 1. The van der Waals surface area contributed by atoms with Gasteiger partial charge in [-0.3, -0.25) is 4.79 Å². The van der Waals surface area contributed by atoms with Crippen LogP contribution >= 0.6 is 0 Å². The van der Waals surface area contributed by atoms with Crippen molar-refractivity contribution in [1.29, 1.82) is 0 Å². The van der Waals surface area contributed by atoms with Crippen molar-refractivity contribution in [2.45, 2.75) is 38.5 Å². The van der Waals surface area contributed by atoms with E-state index >= 15 is 0 Å². The van der Waals surface area contributed by atoms with Gasteiger partial charge in [0, 0.05) is 44.0 Å². The van der Waals surface area contributed by atoms with Gasteiger partial charge in [0.05, 0.1) is 19.3 Å². The number of hydrogen-bond acceptors (Lipinski definition) is 4. The molecule has 1 N–H and O–H groups in total. The van der Waals surface area contributed by atoms with Gasteiger partial charge >= 0.3 is 12.2 Å². The summed E-state index contributed by atoms with van der Waals surface area (Å²) in [7, 11) is 1.49. The lowest BCUT2D eigenvalue weighted by Crippen LogP contribution is -2.40. The van der Waals surface area contributed by atoms with Gasteiger partial charge in [-0.1, -0.05) is 0 Å². The smallest absolute Gasteiger partial charge is 0.434 e. The van der Waals surface area contributed by atoms with Crippen molar-refractivity contribution in [1.82, 2.24) is 14.5 Å². The number of anilines is 2. The number of fused-ring (bicyclic) bond motifs is 1. The van der Waals surface area contributed by atoms with Crippen LogP contribution in [0.25, 0.3) is 0 Å². The highest BCUT2D eigenvalue weighted by Crippen LogP contribution is 2.34. The molecule has 0 radical (unpaired) electrons. The molecule has 166 valence electrons. The lowest BCUT2D eigenvalue weighted by atomic mass is 10.1. The molecule has 0 atom stereocenters. The third-order valence-electron chi connectivity index (χ3n) is 5.43. The van der Waals surface area contributed by atoms with E-state index in [9.17, 15) is 22.8 Å². The number of rotatable bonds is 3. The molecule has 1 aromatic carbocycles. The number of nitrogens with one attached hydrogen (secondary N) is 1. The van der Waals surface area contributed by atoms with E-state index in [0.717, 1.165) is 19.0 Å². The van der Waals surface area contributed by atoms with E-state index in [1.54, 1.807) is 23.1 Å². The van der Waals surface area contributed by atoms with E-state index in [1.165, 1.54) is 16.6 Å². The van der Waals surface area contributed by atoms with Crippen LogP contribution < -0.4 is 15.0 Å². The van der Waals surface area contributed by atoms with Crippen LogP contribution in [0.3, 0.4) is 0 Å². The molecule has 0 spiro atoms. The van der Waals surface area contributed by atoms with E-state index in [-0.39, 0.29) is 31.4 Å². The summed E-state index contributed by atoms with van der Waals surface area (Å²) >= 11 is 0. The van der Waals surface area contributed by atoms with E-state index < -0.39 is 17.9 Å². The fourth-order valence-electron chi connectivity index (χ4n) is 3.80. The monoisotopic (exact) mass is 437 g/mol. The Morgan fingerprint density at radius 3 is 2.71 bits per heavy atom. The molecule has 0 saturated carbocycles. The number of halogens is 3. The Balaban J connectivity index is 1.46. The minimum Gasteiger partial charge on any atom is -0.494 e. The van der Waals surface area contributed by atoms with E-state index in [0.29, 0.717) is 30.1 Å². The number of alkyl halides is 3. The van der Waals surface area contributed by atoms with Gasteiger partial charge in [0.15, 0.2) is 5.69 Å². The van der Waals surface area contributed by atoms with Gasteiger partial charge in [-0.2, -0.15) is 13.2 Å². The summed E-state index contributed by atoms with van der Waals surface area (Å²) in [4.78, 5) is 31.6. The summed E-state index contributed by atoms with van der Waals surface area (Å²) in [6.45, 7) is 1.07. The molecule has 2 aliphatic heterocycles. The molecule has 1 saturated heterocycles. The first-order chi connectivity index (χ1) is 14.8. The van der Waals surface area contributed by atoms with Crippen molar-refractivity contribution in [3.8, 4) is 5.75 Å². The Morgan fingerprint density at radius 2 is 2.00 bits per heavy atom. The van der Waals surface area contributed by atoms with Crippen molar-refractivity contribution in [3.63, 3.8) is 0 Å². The molecule has 0 aliphatic carbocycles. The van der Waals surface area contributed by atoms with Gasteiger partial charge in [-0.05, 0) is 25.0 Å². The van der Waals surface area contributed by atoms with Crippen LogP contribution in [0.4, 0.5) is 29.3 Å². The van der Waals surface area contributed by atoms with Crippen LogP contribution in [-0.2, 0) is 24.1 Å². The van der Waals surface area contributed by atoms with Crippen molar-refractivity contribution < 1.29 is 27.5 Å². The Kier molecular flexibility index (Phi) is 5.50. The minimum absolute atomic E-state index is 0.0284. The first-order valence-electron chi connectivity index (χ1n) is 9.94. The second-order valence-corrected chi connectivity index (χ2v) is 7.47. The van der Waals surface area contributed by atoms with Crippen molar-refractivity contribution >= 4 is 23.3 Å². The largest absolute Gasteiger partial charge is 0.494 e. The van der Waals surface area contributed by atoms with Gasteiger partial charge in [0.1, 0.15) is 11.6 Å². The van der Waals surface area contributed by atoms with Crippen molar-refractivity contribution in [3.05, 3.63) is 35.9 Å². The predicted octanol–water partition coefficient (Wildman–Crippen LogP) is 3.48. The molecule has 3 heterocycles. The number of imidazole rings is 1. The molecule has 2 aromatic rings. The minimum atomic E-state index is -4.52. The number of nitrogens with zero attached hydrogens (tertiary/aromatic N) is 4. The molecule has 1 aromatic heterocycles. The van der Waals surface area contributed by atoms with Gasteiger partial charge in [0.25, 0.3) is 0 Å². The summed E-state index contributed by atoms with van der Waals surface area (Å²) < 4.78 is 45.5. The highest BCUT2D eigenvalue weighted by Gasteiger charge is 2.36. The zero-order chi connectivity index (χ0) is 22.2. The van der Waals surface area contributed by atoms with Crippen LogP contribution in [0.2, 0.25) is 0 Å². The number of benzene rings is 1. The fraction of sp³-hybridized carbons (Fsp3) is 0.450. The van der Waals surface area contributed by atoms with Gasteiger partial charge in [-0.15, -0.1) is 0 Å². The Morgan fingerprint density at radius 1 is 1.19 bits per heavy atom. The number of hydrogen-bond donors (Lipinski definition) is 1. The Bertz CT molecular complexity index is 1000. The molecule has 3 amide bonds. The van der Waals surface area contributed by atoms with E-state index in [4.69, 9.17) is 4.74 Å². The third-order valence-corrected chi connectivity index (χ3v) is 5.43. The van der Waals surface area contributed by atoms with Crippen LogP contribution in [0.1, 0.15) is 30.8 Å². The van der Waals surface area contributed by atoms with Crippen LogP contribution in [0.5, 0.6) is 5.75 Å². The summed E-state index contributed by atoms with van der Waals surface area (Å²) in [5.41, 5.74) is 0.141. The maximum Gasteiger partial charge on any atom is 0.434 e. The predicted molar refractivity (Wildman–Crippen MR) is 106 cm³/mol. The lowest BCUT2D eigenvalue weighted by molar-refractivity contribution is -0.141. The average Bonchev–Trinajstić information content (AvgIpc) is 3.18. The number of methoxy groups -OCH3 is 1. The quantitative estimate of drug-likeness (QED) is 0.798. The van der Waals surface area contributed by atoms with Gasteiger partial charge in [-0.25, -0.2) is 9.78 Å². The molecule has 11 heteroatoms. The molecule has 0 bridgehead atoms. The molecule has 31 heavy (non-hydrogen) atoms. The zero-order valence-corrected chi connectivity index (χ0v) is 16.9. The zero-order valence-electron chi connectivity index (χ0n) is 16.9. The second-order valence-electron chi connectivity index (χ2n) is 7.47. The van der Waals surface area contributed by atoms with E-state index in [2.05, 4.69) is 10.3 Å². The number of carbonyl (C=O) groups excluding carboxylic acids is 2. The number of amides is 3. The van der Waals surface area contributed by atoms with Crippen LogP contribution in [0.15, 0.2) is 24.4 Å². The number of carbonyl (C=O) groups is 2. The SMILES string of the molecule is COc1cc(NC(=O)N2CCn3cc(C(F)(F)F)nc3C2)ccc1N1CCCCC1=O. The average molecular weight is 437 g/mol. The topological polar surface area (TPSA) is 79.7 Å². The second kappa shape index (κ2) is 8.12. The Labute approximate surface area is 176 Å². The molecule has 0 unspecified atom stereocenters. The molecule has 2 aliphatic rings. The molecule has 1 fully saturated rings. The summed E-state index contributed by atoms with van der Waals surface area (Å²) in [6, 6.07) is 4.56. The van der Waals surface area contributed by atoms with Crippen LogP contribution in [0, 0.1) is 0 Å². The van der Waals surface area contributed by atoms with Gasteiger partial charge in [0.2, 0.25) is 5.91 Å². The third kappa shape index (κ3) is 4.30. The molecular weight excluding hydrogens is 415 g/mol. The first kappa shape index (κ1) is 21.0. The standard InChI is InChI=1S/C20H22F3N5O3/c1-31-15-10-13(5-6-14(15)28-7-3-2-4-18(28)29)24-19(30)27-9-8-26-11-16(20(21,22)23)25-17(26)12-27/h5-6,10-11H,2-4,7-9,12H2,1H3,(H,24,30). The van der Waals surface area contributed by atoms with Crippen molar-refractivity contribution in [2.24, 2.45) is 0 Å². The summed E-state index contributed by atoms with van der Waals surface area (Å²) in [6.07, 6.45) is -1.29.